The van der Waals surface area contributed by atoms with Gasteiger partial charge in [0.25, 0.3) is 0 Å². The molecule has 1 heterocycles. The van der Waals surface area contributed by atoms with Crippen molar-refractivity contribution in [3.8, 4) is 0 Å². The zero-order valence-electron chi connectivity index (χ0n) is 9.38. The van der Waals surface area contributed by atoms with Gasteiger partial charge >= 0.3 is 0 Å². The Kier molecular flexibility index (Phi) is 3.66. The predicted molar refractivity (Wildman–Crippen MR) is 75.3 cm³/mol. The van der Waals surface area contributed by atoms with Crippen LogP contribution in [0, 0.1) is 13.8 Å². The molecule has 2 aromatic rings. The van der Waals surface area contributed by atoms with Gasteiger partial charge in [0.05, 0.1) is 3.79 Å². The smallest absolute Gasteiger partial charge is 0.0702 e. The number of rotatable bonds is 3. The van der Waals surface area contributed by atoms with Gasteiger partial charge < -0.3 is 5.32 Å². The minimum atomic E-state index is 0.891. The van der Waals surface area contributed by atoms with Crippen molar-refractivity contribution in [3.05, 3.63) is 50.1 Å². The quantitative estimate of drug-likeness (QED) is 0.862. The lowest BCUT2D eigenvalue weighted by atomic mass is 10.1. The summed E-state index contributed by atoms with van der Waals surface area (Å²) in [6, 6.07) is 10.6. The molecule has 2 rings (SSSR count). The van der Waals surface area contributed by atoms with Crippen molar-refractivity contribution < 1.29 is 0 Å². The molecule has 0 spiro atoms. The van der Waals surface area contributed by atoms with Gasteiger partial charge in [-0.2, -0.15) is 0 Å². The van der Waals surface area contributed by atoms with Crippen molar-refractivity contribution >= 4 is 33.0 Å². The fourth-order valence-electron chi connectivity index (χ4n) is 1.72. The number of hydrogen-bond acceptors (Lipinski definition) is 2. The molecule has 0 radical (unpaired) electrons. The van der Waals surface area contributed by atoms with Gasteiger partial charge in [-0.3, -0.25) is 0 Å². The van der Waals surface area contributed by atoms with Gasteiger partial charge in [-0.25, -0.2) is 0 Å². The molecule has 0 aliphatic carbocycles. The maximum atomic E-state index is 3.50. The first-order chi connectivity index (χ1) is 7.66. The lowest BCUT2D eigenvalue weighted by Crippen LogP contribution is -2.01. The first-order valence-corrected chi connectivity index (χ1v) is 6.82. The molecule has 0 aliphatic rings. The van der Waals surface area contributed by atoms with E-state index >= 15 is 0 Å². The largest absolute Gasteiger partial charge is 0.380 e. The normalized spacial score (nSPS) is 10.4. The van der Waals surface area contributed by atoms with E-state index in [-0.39, 0.29) is 0 Å². The predicted octanol–water partition coefficient (Wildman–Crippen LogP) is 4.74. The summed E-state index contributed by atoms with van der Waals surface area (Å²) in [5.41, 5.74) is 3.86. The molecule has 3 heteroatoms. The molecule has 16 heavy (non-hydrogen) atoms. The van der Waals surface area contributed by atoms with E-state index in [0.717, 1.165) is 6.54 Å². The molecule has 1 aromatic carbocycles. The summed E-state index contributed by atoms with van der Waals surface area (Å²) in [4.78, 5) is 1.34. The lowest BCUT2D eigenvalue weighted by Gasteiger charge is -2.11. The Bertz CT molecular complexity index is 470. The summed E-state index contributed by atoms with van der Waals surface area (Å²) in [6.07, 6.45) is 0. The van der Waals surface area contributed by atoms with Crippen LogP contribution < -0.4 is 5.32 Å². The molecule has 0 amide bonds. The summed E-state index contributed by atoms with van der Waals surface area (Å²) in [5, 5.41) is 3.50. The second kappa shape index (κ2) is 5.02. The molecule has 1 aromatic heterocycles. The fraction of sp³-hybridized carbons (Fsp3) is 0.231. The molecule has 0 unspecified atom stereocenters. The topological polar surface area (TPSA) is 12.0 Å². The Balaban J connectivity index is 2.10. The van der Waals surface area contributed by atoms with Crippen LogP contribution in [0.5, 0.6) is 0 Å². The van der Waals surface area contributed by atoms with E-state index in [1.807, 2.05) is 0 Å². The molecule has 0 atom stereocenters. The van der Waals surface area contributed by atoms with Crippen molar-refractivity contribution in [1.29, 1.82) is 0 Å². The van der Waals surface area contributed by atoms with Gasteiger partial charge in [0.15, 0.2) is 0 Å². The van der Waals surface area contributed by atoms with Crippen molar-refractivity contribution in [2.75, 3.05) is 5.32 Å². The standard InChI is InChI=1S/C13H14BrNS/c1-9-4-3-5-10(2)13(9)15-8-11-6-7-12(14)16-11/h3-7,15H,8H2,1-2H3. The third kappa shape index (κ3) is 2.66. The van der Waals surface area contributed by atoms with E-state index in [1.54, 1.807) is 11.3 Å². The van der Waals surface area contributed by atoms with Crippen LogP contribution >= 0.6 is 27.3 Å². The molecular formula is C13H14BrNS. The van der Waals surface area contributed by atoms with Gasteiger partial charge in [0.2, 0.25) is 0 Å². The number of para-hydroxylation sites is 1. The van der Waals surface area contributed by atoms with Crippen LogP contribution in [0.1, 0.15) is 16.0 Å². The van der Waals surface area contributed by atoms with E-state index < -0.39 is 0 Å². The highest BCUT2D eigenvalue weighted by Gasteiger charge is 2.02. The third-order valence-corrected chi connectivity index (χ3v) is 4.17. The van der Waals surface area contributed by atoms with E-state index in [9.17, 15) is 0 Å². The van der Waals surface area contributed by atoms with E-state index in [0.29, 0.717) is 0 Å². The van der Waals surface area contributed by atoms with E-state index in [4.69, 9.17) is 0 Å². The van der Waals surface area contributed by atoms with Crippen LogP contribution in [0.3, 0.4) is 0 Å². The van der Waals surface area contributed by atoms with Gasteiger partial charge in [0.1, 0.15) is 0 Å². The Morgan fingerprint density at radius 1 is 1.12 bits per heavy atom. The van der Waals surface area contributed by atoms with Gasteiger partial charge in [0, 0.05) is 17.1 Å². The van der Waals surface area contributed by atoms with Crippen LogP contribution in [-0.4, -0.2) is 0 Å². The number of halogens is 1. The van der Waals surface area contributed by atoms with Crippen molar-refractivity contribution in [2.45, 2.75) is 20.4 Å². The zero-order valence-corrected chi connectivity index (χ0v) is 11.8. The van der Waals surface area contributed by atoms with E-state index in [1.165, 1.54) is 25.5 Å². The lowest BCUT2D eigenvalue weighted by molar-refractivity contribution is 1.16. The second-order valence-corrected chi connectivity index (χ2v) is 6.37. The number of hydrogen-bond donors (Lipinski definition) is 1. The Hall–Kier alpha value is -0.800. The highest BCUT2D eigenvalue weighted by molar-refractivity contribution is 9.11. The van der Waals surface area contributed by atoms with Crippen LogP contribution in [0.25, 0.3) is 0 Å². The van der Waals surface area contributed by atoms with Crippen molar-refractivity contribution in [1.82, 2.24) is 0 Å². The first-order valence-electron chi connectivity index (χ1n) is 5.21. The van der Waals surface area contributed by atoms with Gasteiger partial charge in [-0.1, -0.05) is 18.2 Å². The Morgan fingerprint density at radius 3 is 2.38 bits per heavy atom. The number of benzene rings is 1. The summed E-state index contributed by atoms with van der Waals surface area (Å²) >= 11 is 5.25. The van der Waals surface area contributed by atoms with Gasteiger partial charge in [-0.15, -0.1) is 11.3 Å². The minimum absolute atomic E-state index is 0.891. The molecule has 1 nitrogen and oxygen atoms in total. The van der Waals surface area contributed by atoms with Crippen LogP contribution in [0.4, 0.5) is 5.69 Å². The summed E-state index contributed by atoms with van der Waals surface area (Å²) in [5.74, 6) is 0. The van der Waals surface area contributed by atoms with Crippen molar-refractivity contribution in [3.63, 3.8) is 0 Å². The number of nitrogens with one attached hydrogen (secondary N) is 1. The SMILES string of the molecule is Cc1cccc(C)c1NCc1ccc(Br)s1. The van der Waals surface area contributed by atoms with Crippen molar-refractivity contribution in [2.24, 2.45) is 0 Å². The highest BCUT2D eigenvalue weighted by Crippen LogP contribution is 2.25. The molecule has 84 valence electrons. The maximum absolute atomic E-state index is 3.50. The number of thiophene rings is 1. The highest BCUT2D eigenvalue weighted by atomic mass is 79.9. The van der Waals surface area contributed by atoms with Crippen LogP contribution in [-0.2, 0) is 6.54 Å². The molecule has 0 aliphatic heterocycles. The fourth-order valence-corrected chi connectivity index (χ4v) is 3.14. The summed E-state index contributed by atoms with van der Waals surface area (Å²) in [6.45, 7) is 5.17. The molecule has 1 N–H and O–H groups in total. The summed E-state index contributed by atoms with van der Waals surface area (Å²) in [7, 11) is 0. The van der Waals surface area contributed by atoms with Crippen LogP contribution in [0.2, 0.25) is 0 Å². The van der Waals surface area contributed by atoms with Crippen LogP contribution in [0.15, 0.2) is 34.1 Å². The van der Waals surface area contributed by atoms with Gasteiger partial charge in [-0.05, 0) is 53.0 Å². The first kappa shape index (κ1) is 11.7. The molecule has 0 saturated carbocycles. The molecular weight excluding hydrogens is 282 g/mol. The summed E-state index contributed by atoms with van der Waals surface area (Å²) < 4.78 is 1.19. The average molecular weight is 296 g/mol. The third-order valence-electron chi connectivity index (χ3n) is 2.55. The van der Waals surface area contributed by atoms with E-state index in [2.05, 4.69) is 65.4 Å². The second-order valence-electron chi connectivity index (χ2n) is 3.83. The molecule has 0 saturated heterocycles. The Labute approximate surface area is 109 Å². The molecule has 0 bridgehead atoms. The molecule has 0 fully saturated rings. The number of anilines is 1. The Morgan fingerprint density at radius 2 is 1.81 bits per heavy atom. The maximum Gasteiger partial charge on any atom is 0.0702 e. The number of aryl methyl sites for hydroxylation is 2. The monoisotopic (exact) mass is 295 g/mol. The average Bonchev–Trinajstić information content (AvgIpc) is 2.63. The minimum Gasteiger partial charge on any atom is -0.380 e. The zero-order chi connectivity index (χ0) is 11.5.